The lowest BCUT2D eigenvalue weighted by molar-refractivity contribution is -0.112. The number of benzene rings is 1. The number of amides is 1. The van der Waals surface area contributed by atoms with Gasteiger partial charge >= 0.3 is 5.97 Å². The van der Waals surface area contributed by atoms with Gasteiger partial charge in [-0.15, -0.1) is 0 Å². The van der Waals surface area contributed by atoms with Crippen LogP contribution in [0.15, 0.2) is 36.0 Å². The Balaban J connectivity index is 3.00. The number of nitrogens with one attached hydrogen (secondary N) is 1. The zero-order valence-electron chi connectivity index (χ0n) is 18.2. The van der Waals surface area contributed by atoms with Gasteiger partial charge in [-0.1, -0.05) is 53.2 Å². The van der Waals surface area contributed by atoms with Crippen molar-refractivity contribution in [2.45, 2.75) is 47.5 Å². The number of carbonyl (C=O) groups excluding carboxylic acids is 2. The minimum absolute atomic E-state index is 0.000420. The smallest absolute Gasteiger partial charge is 0.340 e. The van der Waals surface area contributed by atoms with Gasteiger partial charge in [0.05, 0.1) is 17.9 Å². The number of nitriles is 1. The van der Waals surface area contributed by atoms with E-state index in [-0.39, 0.29) is 11.1 Å². The summed E-state index contributed by atoms with van der Waals surface area (Å²) < 4.78 is 5.25. The van der Waals surface area contributed by atoms with E-state index < -0.39 is 11.9 Å². The van der Waals surface area contributed by atoms with Crippen molar-refractivity contribution in [3.63, 3.8) is 0 Å². The Labute approximate surface area is 174 Å². The number of hydrogen-bond acceptors (Lipinski definition) is 5. The van der Waals surface area contributed by atoms with Crippen LogP contribution >= 0.6 is 0 Å². The van der Waals surface area contributed by atoms with Gasteiger partial charge in [0.25, 0.3) is 5.91 Å². The predicted octanol–water partition coefficient (Wildman–Crippen LogP) is 4.60. The molecule has 0 saturated carbocycles. The van der Waals surface area contributed by atoms with Gasteiger partial charge in [-0.3, -0.25) is 4.79 Å². The second-order valence-corrected chi connectivity index (χ2v) is 7.89. The average molecular weight is 400 g/mol. The van der Waals surface area contributed by atoms with Gasteiger partial charge in [0.2, 0.25) is 0 Å². The summed E-state index contributed by atoms with van der Waals surface area (Å²) in [5, 5.41) is 12.2. The largest absolute Gasteiger partial charge is 0.462 e. The van der Waals surface area contributed by atoms with Crippen molar-refractivity contribution < 1.29 is 14.3 Å². The lowest BCUT2D eigenvalue weighted by Crippen LogP contribution is -2.28. The molecule has 0 unspecified atom stereocenters. The summed E-state index contributed by atoms with van der Waals surface area (Å²) >= 11 is 0. The summed E-state index contributed by atoms with van der Waals surface area (Å²) in [6.45, 7) is 12.2. The first-order chi connectivity index (χ1) is 13.8. The maximum Gasteiger partial charge on any atom is 0.340 e. The van der Waals surface area contributed by atoms with E-state index >= 15 is 0 Å². The standard InChI is InChI=1S/C23H33N3O3/c1-6-7-12-29-23(28)20-10-8-9-11-21(20)25-22(27)19(13-24)16-26(14-17(2)3)15-18(4)5/h8-11,16-18H,6-7,12,14-15H2,1-5H3,(H,25,27)/b19-16-. The minimum Gasteiger partial charge on any atom is -0.462 e. The summed E-state index contributed by atoms with van der Waals surface area (Å²) in [5.74, 6) is -0.241. The number of carbonyl (C=O) groups is 2. The Hall–Kier alpha value is -2.81. The highest BCUT2D eigenvalue weighted by Gasteiger charge is 2.18. The second kappa shape index (κ2) is 12.6. The molecule has 6 heteroatoms. The molecule has 1 aromatic rings. The van der Waals surface area contributed by atoms with Crippen LogP contribution in [0.4, 0.5) is 5.69 Å². The van der Waals surface area contributed by atoms with Crippen molar-refractivity contribution in [3.05, 3.63) is 41.6 Å². The van der Waals surface area contributed by atoms with Crippen LogP contribution < -0.4 is 5.32 Å². The Morgan fingerprint density at radius 3 is 2.34 bits per heavy atom. The molecule has 0 radical (unpaired) electrons. The maximum atomic E-state index is 12.7. The minimum atomic E-state index is -0.543. The van der Waals surface area contributed by atoms with Crippen LogP contribution in [0.25, 0.3) is 0 Å². The fourth-order valence-corrected chi connectivity index (χ4v) is 2.79. The molecule has 0 spiro atoms. The Morgan fingerprint density at radius 1 is 1.17 bits per heavy atom. The molecule has 0 bridgehead atoms. The molecule has 0 fully saturated rings. The highest BCUT2D eigenvalue weighted by Crippen LogP contribution is 2.18. The molecule has 0 aliphatic carbocycles. The Kier molecular flexibility index (Phi) is 10.5. The molecule has 1 amide bonds. The zero-order chi connectivity index (χ0) is 21.8. The number of unbranched alkanes of at least 4 members (excludes halogenated alkanes) is 1. The quantitative estimate of drug-likeness (QED) is 0.254. The Morgan fingerprint density at radius 2 is 1.79 bits per heavy atom. The molecule has 1 rings (SSSR count). The van der Waals surface area contributed by atoms with Crippen LogP contribution in [0.5, 0.6) is 0 Å². The van der Waals surface area contributed by atoms with Crippen molar-refractivity contribution >= 4 is 17.6 Å². The number of ether oxygens (including phenoxy) is 1. The summed E-state index contributed by atoms with van der Waals surface area (Å²) in [7, 11) is 0. The summed E-state index contributed by atoms with van der Waals surface area (Å²) in [6, 6.07) is 8.64. The van der Waals surface area contributed by atoms with Gasteiger partial charge < -0.3 is 15.0 Å². The molecule has 29 heavy (non-hydrogen) atoms. The first-order valence-corrected chi connectivity index (χ1v) is 10.2. The number of nitrogens with zero attached hydrogens (tertiary/aromatic N) is 2. The van der Waals surface area contributed by atoms with Crippen molar-refractivity contribution in [2.75, 3.05) is 25.0 Å². The molecule has 1 aromatic carbocycles. The normalized spacial score (nSPS) is 11.3. The number of para-hydroxylation sites is 1. The first kappa shape index (κ1) is 24.2. The lowest BCUT2D eigenvalue weighted by atomic mass is 10.1. The van der Waals surface area contributed by atoms with E-state index in [1.54, 1.807) is 30.5 Å². The van der Waals surface area contributed by atoms with Crippen molar-refractivity contribution in [1.29, 1.82) is 5.26 Å². The van der Waals surface area contributed by atoms with Crippen molar-refractivity contribution in [1.82, 2.24) is 4.90 Å². The summed E-state index contributed by atoms with van der Waals surface area (Å²) in [6.07, 6.45) is 3.31. The van der Waals surface area contributed by atoms with E-state index in [0.29, 0.717) is 24.1 Å². The molecule has 6 nitrogen and oxygen atoms in total. The van der Waals surface area contributed by atoms with Gasteiger partial charge in [-0.2, -0.15) is 5.26 Å². The van der Waals surface area contributed by atoms with E-state index in [0.717, 1.165) is 25.9 Å². The third-order valence-corrected chi connectivity index (χ3v) is 4.00. The van der Waals surface area contributed by atoms with Crippen LogP contribution in [-0.4, -0.2) is 36.5 Å². The highest BCUT2D eigenvalue weighted by molar-refractivity contribution is 6.09. The van der Waals surface area contributed by atoms with Gasteiger partial charge in [0.1, 0.15) is 11.6 Å². The SMILES string of the molecule is CCCCOC(=O)c1ccccc1NC(=O)/C(C#N)=C\N(CC(C)C)CC(C)C. The summed E-state index contributed by atoms with van der Waals surface area (Å²) in [4.78, 5) is 27.0. The third-order valence-electron chi connectivity index (χ3n) is 4.00. The third kappa shape index (κ3) is 8.82. The molecule has 0 atom stereocenters. The average Bonchev–Trinajstić information content (AvgIpc) is 2.65. The van der Waals surface area contributed by atoms with Crippen molar-refractivity contribution in [3.8, 4) is 6.07 Å². The van der Waals surface area contributed by atoms with Gasteiger partial charge in [0.15, 0.2) is 0 Å². The molecular formula is C23H33N3O3. The van der Waals surface area contributed by atoms with Crippen molar-refractivity contribution in [2.24, 2.45) is 11.8 Å². The highest BCUT2D eigenvalue weighted by atomic mass is 16.5. The molecule has 0 heterocycles. The zero-order valence-corrected chi connectivity index (χ0v) is 18.2. The molecule has 158 valence electrons. The van der Waals surface area contributed by atoms with E-state index in [1.165, 1.54) is 0 Å². The van der Waals surface area contributed by atoms with E-state index in [4.69, 9.17) is 4.74 Å². The monoisotopic (exact) mass is 399 g/mol. The number of rotatable bonds is 11. The van der Waals surface area contributed by atoms with Gasteiger partial charge in [-0.25, -0.2) is 4.79 Å². The fourth-order valence-electron chi connectivity index (χ4n) is 2.79. The van der Waals surface area contributed by atoms with Crippen LogP contribution in [0.3, 0.4) is 0 Å². The number of anilines is 1. The molecular weight excluding hydrogens is 366 g/mol. The summed E-state index contributed by atoms with van der Waals surface area (Å²) in [5.41, 5.74) is 0.607. The molecule has 0 aliphatic rings. The van der Waals surface area contributed by atoms with Crippen LogP contribution in [-0.2, 0) is 9.53 Å². The predicted molar refractivity (Wildman–Crippen MR) is 115 cm³/mol. The molecule has 1 N–H and O–H groups in total. The first-order valence-electron chi connectivity index (χ1n) is 10.2. The second-order valence-electron chi connectivity index (χ2n) is 7.89. The maximum absolute atomic E-state index is 12.7. The molecule has 0 aliphatic heterocycles. The van der Waals surface area contributed by atoms with Gasteiger partial charge in [0, 0.05) is 19.3 Å². The van der Waals surface area contributed by atoms with Crippen LogP contribution in [0.1, 0.15) is 57.8 Å². The Bertz CT molecular complexity index is 738. The van der Waals surface area contributed by atoms with Gasteiger partial charge in [-0.05, 0) is 30.4 Å². The molecule has 0 saturated heterocycles. The lowest BCUT2D eigenvalue weighted by Gasteiger charge is -2.25. The van der Waals surface area contributed by atoms with E-state index in [1.807, 2.05) is 17.9 Å². The van der Waals surface area contributed by atoms with Crippen LogP contribution in [0.2, 0.25) is 0 Å². The topological polar surface area (TPSA) is 82.4 Å². The van der Waals surface area contributed by atoms with E-state index in [9.17, 15) is 14.9 Å². The number of esters is 1. The van der Waals surface area contributed by atoms with E-state index in [2.05, 4.69) is 33.0 Å². The van der Waals surface area contributed by atoms with Crippen LogP contribution in [0, 0.1) is 23.2 Å². The fraction of sp³-hybridized carbons (Fsp3) is 0.522. The molecule has 0 aromatic heterocycles. The number of hydrogen-bond donors (Lipinski definition) is 1.